The summed E-state index contributed by atoms with van der Waals surface area (Å²) in [5, 5.41) is 18.7. The van der Waals surface area contributed by atoms with Gasteiger partial charge in [-0.25, -0.2) is 9.59 Å². The molecule has 438 valence electrons. The first kappa shape index (κ1) is 65.1. The fourth-order valence-electron chi connectivity index (χ4n) is 10.8. The predicted octanol–water partition coefficient (Wildman–Crippen LogP) is 6.09. The molecular weight excluding hydrogens is 1010 g/mol. The molecule has 7 amide bonds. The lowest BCUT2D eigenvalue weighted by Gasteiger charge is -2.41. The number of likely N-dealkylation sites (tertiary alicyclic amines) is 2. The van der Waals surface area contributed by atoms with Gasteiger partial charge in [-0.15, -0.1) is 0 Å². The fraction of sp³-hybridized carbons (Fsp3) is 0.644. The molecule has 20 nitrogen and oxygen atoms in total. The first-order valence-corrected chi connectivity index (χ1v) is 28.0. The minimum atomic E-state index is -1.17. The Bertz CT molecular complexity index is 2370. The zero-order valence-corrected chi connectivity index (χ0v) is 48.7. The van der Waals surface area contributed by atoms with Gasteiger partial charge >= 0.3 is 12.1 Å². The van der Waals surface area contributed by atoms with Gasteiger partial charge in [-0.1, -0.05) is 111 Å². The highest BCUT2D eigenvalue weighted by atomic mass is 16.6. The number of ether oxygens (including phenoxy) is 3. The molecule has 10 atom stereocenters. The van der Waals surface area contributed by atoms with E-state index in [9.17, 15) is 48.3 Å². The van der Waals surface area contributed by atoms with Crippen LogP contribution >= 0.6 is 0 Å². The molecule has 2 saturated heterocycles. The molecule has 0 bridgehead atoms. The highest BCUT2D eigenvalue weighted by Gasteiger charge is 2.44. The van der Waals surface area contributed by atoms with Gasteiger partial charge in [0.25, 0.3) is 0 Å². The second kappa shape index (κ2) is 31.4. The largest absolute Gasteiger partial charge is 0.480 e. The molecule has 79 heavy (non-hydrogen) atoms. The van der Waals surface area contributed by atoms with E-state index in [4.69, 9.17) is 14.2 Å². The number of nitrogens with one attached hydrogen (secondary N) is 3. The van der Waals surface area contributed by atoms with E-state index in [1.165, 1.54) is 31.1 Å². The number of carbonyl (C=O) groups excluding carboxylic acids is 8. The molecule has 2 heterocycles. The monoisotopic (exact) mass is 1100 g/mol. The molecule has 2 aromatic carbocycles. The first-order valence-electron chi connectivity index (χ1n) is 28.0. The number of carboxylic acid groups (broad SMARTS) is 1. The fourth-order valence-corrected chi connectivity index (χ4v) is 10.8. The van der Waals surface area contributed by atoms with Crippen molar-refractivity contribution < 1.29 is 62.5 Å². The molecule has 0 aliphatic carbocycles. The number of ketones is 1. The third-order valence-electron chi connectivity index (χ3n) is 15.6. The molecule has 20 heteroatoms. The highest BCUT2D eigenvalue weighted by Crippen LogP contribution is 2.30. The van der Waals surface area contributed by atoms with Gasteiger partial charge in [0.05, 0.1) is 43.2 Å². The van der Waals surface area contributed by atoms with Gasteiger partial charge in [0, 0.05) is 72.3 Å². The Morgan fingerprint density at radius 1 is 0.810 bits per heavy atom. The van der Waals surface area contributed by atoms with Gasteiger partial charge in [0.15, 0.2) is 5.78 Å². The number of anilines is 1. The van der Waals surface area contributed by atoms with Crippen LogP contribution in [-0.2, 0) is 65.6 Å². The van der Waals surface area contributed by atoms with Gasteiger partial charge in [0.1, 0.15) is 24.7 Å². The lowest BCUT2D eigenvalue weighted by Crippen LogP contribution is -2.60. The quantitative estimate of drug-likeness (QED) is 0.0478. The number of imide groups is 1. The zero-order valence-electron chi connectivity index (χ0n) is 48.7. The van der Waals surface area contributed by atoms with E-state index < -0.39 is 78.1 Å². The van der Waals surface area contributed by atoms with Crippen molar-refractivity contribution in [1.82, 2.24) is 30.2 Å². The van der Waals surface area contributed by atoms with Crippen molar-refractivity contribution >= 4 is 59.0 Å². The van der Waals surface area contributed by atoms with Gasteiger partial charge in [-0.2, -0.15) is 0 Å². The number of aliphatic carboxylic acids is 1. The average Bonchev–Trinajstić information content (AvgIpc) is 4.02. The highest BCUT2D eigenvalue weighted by molar-refractivity contribution is 6.03. The van der Waals surface area contributed by atoms with E-state index in [0.29, 0.717) is 62.9 Å². The lowest BCUT2D eigenvalue weighted by molar-refractivity contribution is -0.148. The number of hydrogen-bond donors (Lipinski definition) is 4. The molecular formula is C59H89N7O13. The summed E-state index contributed by atoms with van der Waals surface area (Å²) in [5.41, 5.74) is 2.14. The van der Waals surface area contributed by atoms with Crippen LogP contribution in [0.15, 0.2) is 54.6 Å². The SMILES string of the molecule is CC[C@H](C)[C@@H]([C@@H](CC(=O)N1CCC[C@H]1[C@H](OC)[C@@H](C)C(=O)N[C@@H](Cc1ccccc1)C(=O)O)OC)N(C)C(=O)[C@@H](NC(=O)[C@H](C(C)C)N(C)C(=O)OCc1ccc(NCC(=O)CCCCCN2C(=O)CC(C)C2=O)cc1)C(C)C. The second-order valence-electron chi connectivity index (χ2n) is 22.2. The molecule has 4 rings (SSSR count). The summed E-state index contributed by atoms with van der Waals surface area (Å²) in [4.78, 5) is 125. The Morgan fingerprint density at radius 2 is 1.48 bits per heavy atom. The summed E-state index contributed by atoms with van der Waals surface area (Å²) in [5.74, 6) is -5.13. The number of rotatable bonds is 32. The number of methoxy groups -OCH3 is 2. The summed E-state index contributed by atoms with van der Waals surface area (Å²) >= 11 is 0. The summed E-state index contributed by atoms with van der Waals surface area (Å²) < 4.78 is 17.6. The van der Waals surface area contributed by atoms with Crippen LogP contribution in [0.5, 0.6) is 0 Å². The third kappa shape index (κ3) is 18.3. The Hall–Kier alpha value is -6.41. The van der Waals surface area contributed by atoms with Crippen LogP contribution in [0.2, 0.25) is 0 Å². The van der Waals surface area contributed by atoms with Crippen LogP contribution in [0.3, 0.4) is 0 Å². The van der Waals surface area contributed by atoms with Crippen molar-refractivity contribution in [2.45, 2.75) is 169 Å². The van der Waals surface area contributed by atoms with Crippen LogP contribution in [0.1, 0.15) is 124 Å². The van der Waals surface area contributed by atoms with Crippen LogP contribution in [0.4, 0.5) is 10.5 Å². The molecule has 1 unspecified atom stereocenters. The predicted molar refractivity (Wildman–Crippen MR) is 298 cm³/mol. The minimum Gasteiger partial charge on any atom is -0.480 e. The van der Waals surface area contributed by atoms with E-state index >= 15 is 0 Å². The Balaban J connectivity index is 1.33. The Labute approximate surface area is 467 Å². The molecule has 0 spiro atoms. The maximum Gasteiger partial charge on any atom is 0.410 e. The topological polar surface area (TPSA) is 251 Å². The Morgan fingerprint density at radius 3 is 2.05 bits per heavy atom. The number of unbranched alkanes of at least 4 members (excludes halogenated alkanes) is 2. The van der Waals surface area contributed by atoms with Gasteiger partial charge in [-0.05, 0) is 66.7 Å². The first-order chi connectivity index (χ1) is 37.4. The summed E-state index contributed by atoms with van der Waals surface area (Å²) in [7, 11) is 6.08. The van der Waals surface area contributed by atoms with E-state index in [1.807, 2.05) is 33.8 Å². The number of Topliss-reactive ketones (excluding diaryl/α,β-unsaturated/α-hetero) is 1. The number of hydrogen-bond acceptors (Lipinski definition) is 13. The summed E-state index contributed by atoms with van der Waals surface area (Å²) in [6, 6.07) is 11.8. The van der Waals surface area contributed by atoms with Crippen molar-refractivity contribution in [3.05, 3.63) is 65.7 Å². The molecule has 2 aliphatic heterocycles. The molecule has 2 fully saturated rings. The Kier molecular flexibility index (Phi) is 25.9. The number of nitrogens with zero attached hydrogens (tertiary/aromatic N) is 4. The summed E-state index contributed by atoms with van der Waals surface area (Å²) in [6.07, 6.45) is 2.22. The molecule has 2 aromatic rings. The van der Waals surface area contributed by atoms with Gasteiger partial charge < -0.3 is 45.1 Å². The molecule has 0 radical (unpaired) electrons. The van der Waals surface area contributed by atoms with Gasteiger partial charge in [-0.3, -0.25) is 43.4 Å². The number of benzene rings is 2. The van der Waals surface area contributed by atoms with Gasteiger partial charge in [0.2, 0.25) is 35.4 Å². The average molecular weight is 1100 g/mol. The third-order valence-corrected chi connectivity index (χ3v) is 15.6. The lowest BCUT2D eigenvalue weighted by atomic mass is 9.89. The minimum absolute atomic E-state index is 0.0271. The van der Waals surface area contributed by atoms with Crippen LogP contribution in [-0.4, -0.2) is 168 Å². The maximum atomic E-state index is 14.7. The smallest absolute Gasteiger partial charge is 0.410 e. The molecule has 0 aromatic heterocycles. The molecule has 0 saturated carbocycles. The van der Waals surface area contributed by atoms with Crippen molar-refractivity contribution in [1.29, 1.82) is 0 Å². The molecule has 2 aliphatic rings. The van der Waals surface area contributed by atoms with Crippen molar-refractivity contribution in [2.75, 3.05) is 53.3 Å². The number of carbonyl (C=O) groups is 9. The molecule has 4 N–H and O–H groups in total. The normalized spacial score (nSPS) is 18.5. The summed E-state index contributed by atoms with van der Waals surface area (Å²) in [6.45, 7) is 15.4. The number of likely N-dealkylation sites (N-methyl/N-ethyl adjacent to an activating group) is 2. The number of amides is 7. The van der Waals surface area contributed by atoms with E-state index in [0.717, 1.165) is 12.0 Å². The van der Waals surface area contributed by atoms with Crippen LogP contribution < -0.4 is 16.0 Å². The van der Waals surface area contributed by atoms with Crippen molar-refractivity contribution in [3.8, 4) is 0 Å². The standard InChI is InChI=1S/C59H89N7O13/c1-13-38(6)52(47(77-11)33-49(69)65-30-20-24-46(65)53(78-12)40(8)54(70)61-45(58(74)75)32-41-21-16-14-17-22-41)63(9)57(73)50(36(2)3)62-55(71)51(37(4)5)64(10)59(76)79-35-42-25-27-43(28-26-42)60-34-44(67)23-18-15-19-29-66-48(68)31-39(7)56(66)72/h14,16-17,21-22,25-28,36-40,45-47,50-53,60H,13,15,18-20,23-24,29-35H2,1-12H3,(H,61,70)(H,62,71)(H,74,75)/t38-,39?,40+,45-,46-,47+,50-,51-,52-,53+/m0/s1. The van der Waals surface area contributed by atoms with E-state index in [1.54, 1.807) is 93.1 Å². The maximum absolute atomic E-state index is 14.7. The van der Waals surface area contributed by atoms with Crippen molar-refractivity contribution in [2.24, 2.45) is 29.6 Å². The van der Waals surface area contributed by atoms with E-state index in [-0.39, 0.29) is 79.6 Å². The second-order valence-corrected chi connectivity index (χ2v) is 22.2. The zero-order chi connectivity index (χ0) is 58.7. The van der Waals surface area contributed by atoms with E-state index in [2.05, 4.69) is 16.0 Å². The van der Waals surface area contributed by atoms with Crippen LogP contribution in [0, 0.1) is 29.6 Å². The van der Waals surface area contributed by atoms with Crippen molar-refractivity contribution in [3.63, 3.8) is 0 Å². The number of carboxylic acids is 1. The van der Waals surface area contributed by atoms with Crippen LogP contribution in [0.25, 0.3) is 0 Å².